The minimum Gasteiger partial charge on any atom is -0.478 e. The van der Waals surface area contributed by atoms with E-state index in [-0.39, 0.29) is 0 Å². The molecule has 108 valence electrons. The number of hydrogen-bond donors (Lipinski definition) is 1. The number of pyridine rings is 1. The highest BCUT2D eigenvalue weighted by Gasteiger charge is 2.09. The van der Waals surface area contributed by atoms with Gasteiger partial charge in [-0.05, 0) is 19.1 Å². The molecule has 0 aliphatic carbocycles. The van der Waals surface area contributed by atoms with Crippen LogP contribution in [-0.4, -0.2) is 11.6 Å². The molecule has 0 fully saturated rings. The summed E-state index contributed by atoms with van der Waals surface area (Å²) in [4.78, 5) is 5.36. The van der Waals surface area contributed by atoms with Crippen molar-refractivity contribution in [1.29, 1.82) is 0 Å². The van der Waals surface area contributed by atoms with E-state index in [0.29, 0.717) is 19.0 Å². The fourth-order valence-electron chi connectivity index (χ4n) is 2.08. The summed E-state index contributed by atoms with van der Waals surface area (Å²) in [5, 5.41) is 5.29. The van der Waals surface area contributed by atoms with Gasteiger partial charge in [0.1, 0.15) is 0 Å². The maximum absolute atomic E-state index is 6.42. The zero-order chi connectivity index (χ0) is 14.7. The maximum Gasteiger partial charge on any atom is 0.213 e. The zero-order valence-corrected chi connectivity index (χ0v) is 13.2. The van der Waals surface area contributed by atoms with Gasteiger partial charge in [0, 0.05) is 21.0 Å². The fraction of sp³-hybridized carbons (Fsp3) is 0.188. The van der Waals surface area contributed by atoms with Gasteiger partial charge in [-0.3, -0.25) is 0 Å². The molecule has 3 nitrogen and oxygen atoms in total. The van der Waals surface area contributed by atoms with Crippen LogP contribution in [0.3, 0.4) is 0 Å². The van der Waals surface area contributed by atoms with Gasteiger partial charge in [0.25, 0.3) is 0 Å². The highest BCUT2D eigenvalue weighted by Crippen LogP contribution is 2.35. The SMILES string of the molecule is CCOc1ccc(NCc2sc3ccccc3c2Cl)cn1. The molecule has 1 N–H and O–H groups in total. The van der Waals surface area contributed by atoms with Gasteiger partial charge in [0.15, 0.2) is 0 Å². The van der Waals surface area contributed by atoms with E-state index < -0.39 is 0 Å². The van der Waals surface area contributed by atoms with Gasteiger partial charge in [-0.1, -0.05) is 29.8 Å². The number of anilines is 1. The number of rotatable bonds is 5. The lowest BCUT2D eigenvalue weighted by atomic mass is 10.2. The summed E-state index contributed by atoms with van der Waals surface area (Å²) >= 11 is 8.14. The van der Waals surface area contributed by atoms with Crippen LogP contribution in [0.4, 0.5) is 5.69 Å². The second-order valence-corrected chi connectivity index (χ2v) is 6.02. The van der Waals surface area contributed by atoms with Gasteiger partial charge in [-0.2, -0.15) is 0 Å². The summed E-state index contributed by atoms with van der Waals surface area (Å²) in [6, 6.07) is 12.0. The molecule has 0 spiro atoms. The highest BCUT2D eigenvalue weighted by molar-refractivity contribution is 7.19. The Labute approximate surface area is 132 Å². The number of benzene rings is 1. The Hall–Kier alpha value is -1.78. The van der Waals surface area contributed by atoms with Crippen molar-refractivity contribution in [2.45, 2.75) is 13.5 Å². The van der Waals surface area contributed by atoms with E-state index in [9.17, 15) is 0 Å². The Bertz CT molecular complexity index is 740. The van der Waals surface area contributed by atoms with Crippen molar-refractivity contribution in [3.63, 3.8) is 0 Å². The minimum atomic E-state index is 0.622. The van der Waals surface area contributed by atoms with Gasteiger partial charge >= 0.3 is 0 Å². The van der Waals surface area contributed by atoms with Gasteiger partial charge < -0.3 is 10.1 Å². The van der Waals surface area contributed by atoms with E-state index in [0.717, 1.165) is 21.0 Å². The lowest BCUT2D eigenvalue weighted by Crippen LogP contribution is -1.99. The summed E-state index contributed by atoms with van der Waals surface area (Å²) in [6.07, 6.45) is 1.77. The Kier molecular flexibility index (Phi) is 4.27. The van der Waals surface area contributed by atoms with Crippen molar-refractivity contribution in [3.8, 4) is 5.88 Å². The van der Waals surface area contributed by atoms with Gasteiger partial charge in [0.05, 0.1) is 30.1 Å². The number of nitrogens with one attached hydrogen (secondary N) is 1. The van der Waals surface area contributed by atoms with Crippen molar-refractivity contribution >= 4 is 38.7 Å². The summed E-state index contributed by atoms with van der Waals surface area (Å²) in [5.41, 5.74) is 0.951. The van der Waals surface area contributed by atoms with E-state index in [1.165, 1.54) is 4.70 Å². The molecule has 21 heavy (non-hydrogen) atoms. The number of hydrogen-bond acceptors (Lipinski definition) is 4. The molecule has 2 heterocycles. The molecule has 1 aromatic carbocycles. The van der Waals surface area contributed by atoms with Crippen molar-refractivity contribution in [2.24, 2.45) is 0 Å². The molecule has 2 aromatic heterocycles. The molecule has 0 atom stereocenters. The lowest BCUT2D eigenvalue weighted by Gasteiger charge is -2.06. The number of halogens is 1. The van der Waals surface area contributed by atoms with Crippen LogP contribution in [0.25, 0.3) is 10.1 Å². The molecule has 0 unspecified atom stereocenters. The number of thiophene rings is 1. The van der Waals surface area contributed by atoms with Crippen LogP contribution in [0.2, 0.25) is 5.02 Å². The van der Waals surface area contributed by atoms with Gasteiger partial charge in [0.2, 0.25) is 5.88 Å². The van der Waals surface area contributed by atoms with Gasteiger partial charge in [-0.15, -0.1) is 11.3 Å². The van der Waals surface area contributed by atoms with E-state index in [1.807, 2.05) is 31.2 Å². The van der Waals surface area contributed by atoms with Crippen molar-refractivity contribution in [3.05, 3.63) is 52.5 Å². The van der Waals surface area contributed by atoms with E-state index >= 15 is 0 Å². The topological polar surface area (TPSA) is 34.1 Å². The van der Waals surface area contributed by atoms with Gasteiger partial charge in [-0.25, -0.2) is 4.98 Å². The van der Waals surface area contributed by atoms with E-state index in [1.54, 1.807) is 17.5 Å². The molecule has 0 aliphatic heterocycles. The van der Waals surface area contributed by atoms with Crippen molar-refractivity contribution < 1.29 is 4.74 Å². The number of fused-ring (bicyclic) bond motifs is 1. The first-order valence-corrected chi connectivity index (χ1v) is 7.96. The van der Waals surface area contributed by atoms with Crippen LogP contribution >= 0.6 is 22.9 Å². The van der Waals surface area contributed by atoms with Crippen LogP contribution in [0.15, 0.2) is 42.6 Å². The van der Waals surface area contributed by atoms with E-state index in [4.69, 9.17) is 16.3 Å². The molecule has 0 saturated carbocycles. The molecule has 0 aliphatic rings. The molecule has 5 heteroatoms. The Morgan fingerprint density at radius 1 is 1.24 bits per heavy atom. The standard InChI is InChI=1S/C16H15ClN2OS/c1-2-20-15-8-7-11(9-19-15)18-10-14-16(17)12-5-3-4-6-13(12)21-14/h3-9,18H,2,10H2,1H3. The largest absolute Gasteiger partial charge is 0.478 e. The quantitative estimate of drug-likeness (QED) is 0.722. The average molecular weight is 319 g/mol. The summed E-state index contributed by atoms with van der Waals surface area (Å²) in [6.45, 7) is 3.25. The van der Waals surface area contributed by atoms with Crippen LogP contribution in [-0.2, 0) is 6.54 Å². The Morgan fingerprint density at radius 2 is 2.10 bits per heavy atom. The Morgan fingerprint density at radius 3 is 2.81 bits per heavy atom. The third-order valence-electron chi connectivity index (χ3n) is 3.08. The normalized spacial score (nSPS) is 10.8. The number of nitrogens with zero attached hydrogens (tertiary/aromatic N) is 1. The number of aromatic nitrogens is 1. The van der Waals surface area contributed by atoms with Crippen molar-refractivity contribution in [1.82, 2.24) is 4.98 Å². The average Bonchev–Trinajstić information content (AvgIpc) is 2.84. The van der Waals surface area contributed by atoms with Crippen LogP contribution in [0, 0.1) is 0 Å². The maximum atomic E-state index is 6.42. The second kappa shape index (κ2) is 6.33. The van der Waals surface area contributed by atoms with Crippen LogP contribution < -0.4 is 10.1 Å². The molecule has 0 radical (unpaired) electrons. The molecule has 0 amide bonds. The zero-order valence-electron chi connectivity index (χ0n) is 11.6. The second-order valence-electron chi connectivity index (χ2n) is 4.51. The Balaban J connectivity index is 1.72. The lowest BCUT2D eigenvalue weighted by molar-refractivity contribution is 0.327. The molecular formula is C16H15ClN2OS. The molecule has 3 aromatic rings. The minimum absolute atomic E-state index is 0.622. The fourth-order valence-corrected chi connectivity index (χ4v) is 3.52. The molecular weight excluding hydrogens is 304 g/mol. The predicted octanol–water partition coefficient (Wildman–Crippen LogP) is 4.96. The highest BCUT2D eigenvalue weighted by atomic mass is 35.5. The smallest absolute Gasteiger partial charge is 0.213 e. The third-order valence-corrected chi connectivity index (χ3v) is 4.80. The first-order valence-electron chi connectivity index (χ1n) is 6.76. The van der Waals surface area contributed by atoms with Crippen LogP contribution in [0.1, 0.15) is 11.8 Å². The summed E-state index contributed by atoms with van der Waals surface area (Å²) < 4.78 is 6.54. The molecule has 0 saturated heterocycles. The van der Waals surface area contributed by atoms with E-state index in [2.05, 4.69) is 22.4 Å². The number of ether oxygens (including phenoxy) is 1. The summed E-state index contributed by atoms with van der Waals surface area (Å²) in [5.74, 6) is 0.642. The monoisotopic (exact) mass is 318 g/mol. The van der Waals surface area contributed by atoms with Crippen LogP contribution in [0.5, 0.6) is 5.88 Å². The van der Waals surface area contributed by atoms with Crippen molar-refractivity contribution in [2.75, 3.05) is 11.9 Å². The first kappa shape index (κ1) is 14.2. The molecule has 3 rings (SSSR count). The predicted molar refractivity (Wildman–Crippen MR) is 89.6 cm³/mol. The first-order chi connectivity index (χ1) is 10.3. The third kappa shape index (κ3) is 3.12. The summed E-state index contributed by atoms with van der Waals surface area (Å²) in [7, 11) is 0. The molecule has 0 bridgehead atoms.